The number of benzene rings is 2. The molecule has 13 heteroatoms. The lowest BCUT2D eigenvalue weighted by molar-refractivity contribution is 0.112. The van der Waals surface area contributed by atoms with E-state index in [1.807, 2.05) is 30.3 Å². The first-order valence-corrected chi connectivity index (χ1v) is 14.4. The monoisotopic (exact) mass is 606 g/mol. The summed E-state index contributed by atoms with van der Waals surface area (Å²) in [5.74, 6) is 1.50. The van der Waals surface area contributed by atoms with Gasteiger partial charge >= 0.3 is 0 Å². The van der Waals surface area contributed by atoms with Crippen molar-refractivity contribution in [1.82, 2.24) is 30.2 Å². The number of piperazine rings is 2. The van der Waals surface area contributed by atoms with Gasteiger partial charge in [-0.05, 0) is 29.8 Å². The fourth-order valence-corrected chi connectivity index (χ4v) is 4.77. The Labute approximate surface area is 260 Å². The Bertz CT molecular complexity index is 1740. The Morgan fingerprint density at radius 1 is 0.733 bits per heavy atom. The third kappa shape index (κ3) is 10.2. The third-order valence-electron chi connectivity index (χ3n) is 7.08. The lowest BCUT2D eigenvalue weighted by Crippen LogP contribution is -2.46. The van der Waals surface area contributed by atoms with Gasteiger partial charge in [0.05, 0.1) is 35.9 Å². The molecule has 0 amide bonds. The Kier molecular flexibility index (Phi) is 12.1. The summed E-state index contributed by atoms with van der Waals surface area (Å²) in [5, 5.41) is 20.6. The highest BCUT2D eigenvalue weighted by Gasteiger charge is 2.18. The molecule has 2 saturated heterocycles. The van der Waals surface area contributed by atoms with Crippen LogP contribution in [0.3, 0.4) is 0 Å². The summed E-state index contributed by atoms with van der Waals surface area (Å²) in [4.78, 5) is 52.4. The van der Waals surface area contributed by atoms with Gasteiger partial charge in [-0.25, -0.2) is 9.97 Å². The van der Waals surface area contributed by atoms with E-state index in [1.54, 1.807) is 24.3 Å². The van der Waals surface area contributed by atoms with Crippen molar-refractivity contribution in [1.29, 1.82) is 10.5 Å². The van der Waals surface area contributed by atoms with Crippen molar-refractivity contribution in [2.75, 3.05) is 62.2 Å². The number of carbonyl (C=O) groups is 1. The maximum Gasteiger partial charge on any atom is 0.252 e. The molecule has 2 aliphatic heterocycles. The van der Waals surface area contributed by atoms with Crippen LogP contribution in [0.4, 0.5) is 11.6 Å². The van der Waals surface area contributed by atoms with Crippen molar-refractivity contribution in [2.24, 2.45) is 0 Å². The Hall–Kier alpha value is -5.63. The smallest absolute Gasteiger partial charge is 0.252 e. The van der Waals surface area contributed by atoms with Crippen LogP contribution >= 0.6 is 0 Å². The molecule has 0 aliphatic carbocycles. The summed E-state index contributed by atoms with van der Waals surface area (Å²) in [5.41, 5.74) is 2.69. The van der Waals surface area contributed by atoms with Crippen LogP contribution in [0.1, 0.15) is 27.0 Å². The molecule has 3 N–H and O–H groups in total. The molecule has 2 aromatic heterocycles. The van der Waals surface area contributed by atoms with Crippen LogP contribution in [-0.4, -0.2) is 83.5 Å². The second-order valence-corrected chi connectivity index (χ2v) is 10.2. The van der Waals surface area contributed by atoms with Gasteiger partial charge in [-0.1, -0.05) is 24.3 Å². The molecule has 0 atom stereocenters. The summed E-state index contributed by atoms with van der Waals surface area (Å²) < 4.78 is 0. The summed E-state index contributed by atoms with van der Waals surface area (Å²) >= 11 is 0. The first-order chi connectivity index (χ1) is 22.0. The van der Waals surface area contributed by atoms with E-state index in [4.69, 9.17) is 10.5 Å². The molecular weight excluding hydrogens is 572 g/mol. The van der Waals surface area contributed by atoms with Gasteiger partial charge in [0.25, 0.3) is 11.1 Å². The number of anilines is 2. The van der Waals surface area contributed by atoms with E-state index < -0.39 is 0 Å². The van der Waals surface area contributed by atoms with Gasteiger partial charge in [0.1, 0.15) is 17.9 Å². The number of hydrogen-bond acceptors (Lipinski definition) is 11. The van der Waals surface area contributed by atoms with Crippen molar-refractivity contribution < 1.29 is 4.79 Å². The SMILES string of the molecule is N#Cc1cccc(C=O)c1.N#Cc1cccc(CN2CCN(c3cc(=O)[nH]cn3)CC2)c1.O=c1cc(N2CCNCC2)nc[nH]1. The molecule has 0 bridgehead atoms. The van der Waals surface area contributed by atoms with E-state index in [-0.39, 0.29) is 11.1 Å². The molecule has 0 saturated carbocycles. The number of H-pyrrole nitrogens is 2. The number of nitrogens with zero attached hydrogens (tertiary/aromatic N) is 7. The average molecular weight is 607 g/mol. The largest absolute Gasteiger partial charge is 0.354 e. The number of nitriles is 2. The number of carbonyl (C=O) groups excluding carboxylic acids is 1. The van der Waals surface area contributed by atoms with Crippen molar-refractivity contribution >= 4 is 17.9 Å². The van der Waals surface area contributed by atoms with Gasteiger partial charge in [-0.15, -0.1) is 0 Å². The lowest BCUT2D eigenvalue weighted by Gasteiger charge is -2.35. The van der Waals surface area contributed by atoms with E-state index in [2.05, 4.69) is 46.0 Å². The summed E-state index contributed by atoms with van der Waals surface area (Å²) in [6, 6.07) is 21.5. The van der Waals surface area contributed by atoms with Crippen LogP contribution < -0.4 is 26.2 Å². The summed E-state index contributed by atoms with van der Waals surface area (Å²) in [6.45, 7) is 8.07. The van der Waals surface area contributed by atoms with E-state index in [0.29, 0.717) is 16.7 Å². The molecule has 230 valence electrons. The number of rotatable bonds is 5. The van der Waals surface area contributed by atoms with Crippen LogP contribution in [0.15, 0.2) is 82.9 Å². The van der Waals surface area contributed by atoms with E-state index in [1.165, 1.54) is 24.8 Å². The molecule has 2 fully saturated rings. The maximum absolute atomic E-state index is 11.3. The molecule has 13 nitrogen and oxygen atoms in total. The Balaban J connectivity index is 0.000000170. The number of aldehydes is 1. The molecule has 4 aromatic rings. The third-order valence-corrected chi connectivity index (χ3v) is 7.08. The Morgan fingerprint density at radius 3 is 1.84 bits per heavy atom. The van der Waals surface area contributed by atoms with E-state index >= 15 is 0 Å². The minimum atomic E-state index is -0.124. The summed E-state index contributed by atoms with van der Waals surface area (Å²) in [7, 11) is 0. The molecule has 0 spiro atoms. The van der Waals surface area contributed by atoms with Crippen molar-refractivity contribution in [2.45, 2.75) is 6.54 Å². The number of aromatic nitrogens is 4. The number of hydrogen-bond donors (Lipinski definition) is 3. The minimum Gasteiger partial charge on any atom is -0.354 e. The molecular formula is C32H34N10O3. The van der Waals surface area contributed by atoms with Crippen molar-refractivity contribution in [3.63, 3.8) is 0 Å². The molecule has 4 heterocycles. The molecule has 0 unspecified atom stereocenters. The van der Waals surface area contributed by atoms with Crippen LogP contribution in [0.5, 0.6) is 0 Å². The highest BCUT2D eigenvalue weighted by atomic mass is 16.1. The van der Waals surface area contributed by atoms with Gasteiger partial charge in [0, 0.05) is 76.6 Å². The standard InChI is InChI=1S/C16H17N5O.C8H12N4O.C8H5NO/c17-10-13-2-1-3-14(8-13)11-20-4-6-21(7-5-20)15-9-16(22)19-12-18-15;13-8-5-7(10-6-11-8)12-3-1-9-2-4-12;9-5-7-2-1-3-8(4-7)6-10/h1-3,8-9,12H,4-7,11H2,(H,18,19,22);5-6,9H,1-4H2,(H,10,11,13);1-4,6H. The quantitative estimate of drug-likeness (QED) is 0.281. The lowest BCUT2D eigenvalue weighted by atomic mass is 10.1. The second kappa shape index (κ2) is 16.9. The van der Waals surface area contributed by atoms with E-state index in [9.17, 15) is 14.4 Å². The van der Waals surface area contributed by atoms with Crippen LogP contribution in [0.25, 0.3) is 0 Å². The highest BCUT2D eigenvalue weighted by molar-refractivity contribution is 5.75. The number of aromatic amines is 2. The normalized spacial score (nSPS) is 14.4. The topological polar surface area (TPSA) is 178 Å². The molecule has 6 rings (SSSR count). The molecule has 2 aliphatic rings. The predicted molar refractivity (Wildman–Crippen MR) is 170 cm³/mol. The zero-order valence-electron chi connectivity index (χ0n) is 24.7. The first kappa shape index (κ1) is 32.3. The van der Waals surface area contributed by atoms with E-state index in [0.717, 1.165) is 82.4 Å². The Morgan fingerprint density at radius 2 is 1.29 bits per heavy atom. The predicted octanol–water partition coefficient (Wildman–Crippen LogP) is 1.51. The van der Waals surface area contributed by atoms with Crippen LogP contribution in [0, 0.1) is 22.7 Å². The van der Waals surface area contributed by atoms with Gasteiger partial charge in [0.2, 0.25) is 0 Å². The fourth-order valence-electron chi connectivity index (χ4n) is 4.77. The molecule has 45 heavy (non-hydrogen) atoms. The number of nitrogens with one attached hydrogen (secondary N) is 3. The van der Waals surface area contributed by atoms with Crippen LogP contribution in [-0.2, 0) is 6.54 Å². The zero-order valence-corrected chi connectivity index (χ0v) is 24.7. The molecule has 2 aromatic carbocycles. The minimum absolute atomic E-state index is 0.0940. The van der Waals surface area contributed by atoms with Gasteiger partial charge < -0.3 is 25.1 Å². The van der Waals surface area contributed by atoms with Crippen molar-refractivity contribution in [3.8, 4) is 12.1 Å². The maximum atomic E-state index is 11.3. The average Bonchev–Trinajstić information content (AvgIpc) is 3.09. The highest BCUT2D eigenvalue weighted by Crippen LogP contribution is 2.14. The van der Waals surface area contributed by atoms with Gasteiger partial charge in [0.15, 0.2) is 0 Å². The van der Waals surface area contributed by atoms with Crippen molar-refractivity contribution in [3.05, 3.63) is 116 Å². The molecule has 0 radical (unpaired) electrons. The fraction of sp³-hybridized carbons (Fsp3) is 0.281. The second-order valence-electron chi connectivity index (χ2n) is 10.2. The summed E-state index contributed by atoms with van der Waals surface area (Å²) in [6.07, 6.45) is 3.61. The first-order valence-electron chi connectivity index (χ1n) is 14.4. The van der Waals surface area contributed by atoms with Gasteiger partial charge in [-0.3, -0.25) is 19.3 Å². The van der Waals surface area contributed by atoms with Gasteiger partial charge in [-0.2, -0.15) is 10.5 Å². The zero-order chi connectivity index (χ0) is 31.9. The van der Waals surface area contributed by atoms with Crippen LogP contribution in [0.2, 0.25) is 0 Å².